The van der Waals surface area contributed by atoms with Crippen LogP contribution >= 0.6 is 0 Å². The SMILES string of the molecule is CC1CN(C(=O)CN2CCN(CCC(=O)O)CC2)CCO1. The van der Waals surface area contributed by atoms with Crippen LogP contribution in [0.3, 0.4) is 0 Å². The molecule has 0 aliphatic carbocycles. The molecule has 0 saturated carbocycles. The summed E-state index contributed by atoms with van der Waals surface area (Å²) in [5, 5.41) is 8.68. The van der Waals surface area contributed by atoms with Crippen molar-refractivity contribution >= 4 is 11.9 Å². The first-order valence-corrected chi connectivity index (χ1v) is 7.60. The Morgan fingerprint density at radius 2 is 1.81 bits per heavy atom. The minimum Gasteiger partial charge on any atom is -0.481 e. The molecular weight excluding hydrogens is 274 g/mol. The molecule has 120 valence electrons. The van der Waals surface area contributed by atoms with Crippen LogP contribution in [-0.2, 0) is 14.3 Å². The molecule has 0 aromatic heterocycles. The van der Waals surface area contributed by atoms with Gasteiger partial charge in [-0.3, -0.25) is 14.5 Å². The van der Waals surface area contributed by atoms with Gasteiger partial charge < -0.3 is 19.6 Å². The summed E-state index contributed by atoms with van der Waals surface area (Å²) in [7, 11) is 0. The van der Waals surface area contributed by atoms with Gasteiger partial charge in [0.25, 0.3) is 0 Å². The summed E-state index contributed by atoms with van der Waals surface area (Å²) >= 11 is 0. The summed E-state index contributed by atoms with van der Waals surface area (Å²) in [6.45, 7) is 8.34. The molecule has 1 unspecified atom stereocenters. The van der Waals surface area contributed by atoms with Crippen molar-refractivity contribution in [1.82, 2.24) is 14.7 Å². The third-order valence-corrected chi connectivity index (χ3v) is 4.06. The predicted octanol–water partition coefficient (Wildman–Crippen LogP) is -0.674. The lowest BCUT2D eigenvalue weighted by Gasteiger charge is -2.36. The van der Waals surface area contributed by atoms with Crippen molar-refractivity contribution in [1.29, 1.82) is 0 Å². The van der Waals surface area contributed by atoms with Gasteiger partial charge in [0.05, 0.1) is 25.7 Å². The number of carbonyl (C=O) groups is 2. The number of carboxylic acid groups (broad SMARTS) is 1. The highest BCUT2D eigenvalue weighted by atomic mass is 16.5. The van der Waals surface area contributed by atoms with Crippen LogP contribution in [0.15, 0.2) is 0 Å². The van der Waals surface area contributed by atoms with Crippen LogP contribution in [0.25, 0.3) is 0 Å². The Morgan fingerprint density at radius 1 is 1.14 bits per heavy atom. The molecule has 21 heavy (non-hydrogen) atoms. The summed E-state index contributed by atoms with van der Waals surface area (Å²) in [5.41, 5.74) is 0. The van der Waals surface area contributed by atoms with E-state index in [4.69, 9.17) is 9.84 Å². The van der Waals surface area contributed by atoms with Crippen LogP contribution in [0.5, 0.6) is 0 Å². The molecule has 1 amide bonds. The van der Waals surface area contributed by atoms with Gasteiger partial charge >= 0.3 is 5.97 Å². The number of carbonyl (C=O) groups excluding carboxylic acids is 1. The lowest BCUT2D eigenvalue weighted by atomic mass is 10.2. The number of rotatable bonds is 5. The monoisotopic (exact) mass is 299 g/mol. The van der Waals surface area contributed by atoms with Crippen LogP contribution in [0, 0.1) is 0 Å². The molecule has 2 saturated heterocycles. The van der Waals surface area contributed by atoms with Crippen LogP contribution in [0.1, 0.15) is 13.3 Å². The average molecular weight is 299 g/mol. The van der Waals surface area contributed by atoms with Crippen molar-refractivity contribution in [2.75, 3.05) is 59.0 Å². The minimum atomic E-state index is -0.756. The summed E-state index contributed by atoms with van der Waals surface area (Å²) in [4.78, 5) is 29.0. The number of nitrogens with zero attached hydrogens (tertiary/aromatic N) is 3. The van der Waals surface area contributed by atoms with Crippen molar-refractivity contribution in [2.45, 2.75) is 19.4 Å². The van der Waals surface area contributed by atoms with Gasteiger partial charge in [-0.1, -0.05) is 0 Å². The van der Waals surface area contributed by atoms with Crippen LogP contribution in [0.2, 0.25) is 0 Å². The first kappa shape index (κ1) is 16.2. The molecule has 2 aliphatic rings. The van der Waals surface area contributed by atoms with Gasteiger partial charge in [0.15, 0.2) is 0 Å². The van der Waals surface area contributed by atoms with Crippen molar-refractivity contribution in [2.24, 2.45) is 0 Å². The average Bonchev–Trinajstić information content (AvgIpc) is 2.46. The molecule has 7 nitrogen and oxygen atoms in total. The molecule has 0 bridgehead atoms. The maximum absolute atomic E-state index is 12.2. The third-order valence-electron chi connectivity index (χ3n) is 4.06. The molecular formula is C14H25N3O4. The van der Waals surface area contributed by atoms with E-state index in [-0.39, 0.29) is 18.4 Å². The highest BCUT2D eigenvalue weighted by Gasteiger charge is 2.25. The second-order valence-corrected chi connectivity index (χ2v) is 5.78. The lowest BCUT2D eigenvalue weighted by Crippen LogP contribution is -2.52. The van der Waals surface area contributed by atoms with E-state index in [9.17, 15) is 9.59 Å². The fourth-order valence-electron chi connectivity index (χ4n) is 2.76. The van der Waals surface area contributed by atoms with E-state index in [0.717, 1.165) is 26.2 Å². The van der Waals surface area contributed by atoms with Crippen molar-refractivity contribution in [3.8, 4) is 0 Å². The minimum absolute atomic E-state index is 0.121. The first-order valence-electron chi connectivity index (χ1n) is 7.60. The van der Waals surface area contributed by atoms with Crippen molar-refractivity contribution < 1.29 is 19.4 Å². The Balaban J connectivity index is 1.68. The number of piperazine rings is 1. The van der Waals surface area contributed by atoms with E-state index in [1.165, 1.54) is 0 Å². The third kappa shape index (κ3) is 5.26. The Morgan fingerprint density at radius 3 is 2.43 bits per heavy atom. The number of morpholine rings is 1. The van der Waals surface area contributed by atoms with Crippen molar-refractivity contribution in [3.63, 3.8) is 0 Å². The molecule has 0 aromatic carbocycles. The fraction of sp³-hybridized carbons (Fsp3) is 0.857. The van der Waals surface area contributed by atoms with E-state index < -0.39 is 5.97 Å². The van der Waals surface area contributed by atoms with E-state index >= 15 is 0 Å². The zero-order valence-corrected chi connectivity index (χ0v) is 12.7. The Bertz CT molecular complexity index is 369. The highest BCUT2D eigenvalue weighted by Crippen LogP contribution is 2.07. The zero-order valence-electron chi connectivity index (χ0n) is 12.7. The van der Waals surface area contributed by atoms with Gasteiger partial charge in [-0.15, -0.1) is 0 Å². The van der Waals surface area contributed by atoms with E-state index in [1.54, 1.807) is 0 Å². The van der Waals surface area contributed by atoms with E-state index in [0.29, 0.717) is 32.8 Å². The van der Waals surface area contributed by atoms with E-state index in [2.05, 4.69) is 9.80 Å². The number of ether oxygens (including phenoxy) is 1. The molecule has 0 aromatic rings. The topological polar surface area (TPSA) is 73.3 Å². The molecule has 0 spiro atoms. The van der Waals surface area contributed by atoms with Gasteiger partial charge in [0.2, 0.25) is 5.91 Å². The number of hydrogen-bond acceptors (Lipinski definition) is 5. The summed E-state index contributed by atoms with van der Waals surface area (Å²) in [6.07, 6.45) is 0.306. The van der Waals surface area contributed by atoms with Crippen LogP contribution < -0.4 is 0 Å². The quantitative estimate of drug-likeness (QED) is 0.725. The van der Waals surface area contributed by atoms with Gasteiger partial charge in [-0.25, -0.2) is 0 Å². The summed E-state index contributed by atoms with van der Waals surface area (Å²) in [6, 6.07) is 0. The van der Waals surface area contributed by atoms with Crippen LogP contribution in [0.4, 0.5) is 0 Å². The number of hydrogen-bond donors (Lipinski definition) is 1. The second kappa shape index (κ2) is 7.72. The normalized spacial score (nSPS) is 25.0. The zero-order chi connectivity index (χ0) is 15.2. The maximum atomic E-state index is 12.2. The van der Waals surface area contributed by atoms with Gasteiger partial charge in [-0.05, 0) is 6.92 Å². The summed E-state index contributed by atoms with van der Waals surface area (Å²) < 4.78 is 5.45. The second-order valence-electron chi connectivity index (χ2n) is 5.78. The van der Waals surface area contributed by atoms with Gasteiger partial charge in [0.1, 0.15) is 0 Å². The predicted molar refractivity (Wildman–Crippen MR) is 77.1 cm³/mol. The standard InChI is InChI=1S/C14H25N3O4/c1-12-10-17(8-9-21-12)13(18)11-16-6-4-15(5-7-16)3-2-14(19)20/h12H,2-11H2,1H3,(H,19,20). The largest absolute Gasteiger partial charge is 0.481 e. The summed E-state index contributed by atoms with van der Waals surface area (Å²) in [5.74, 6) is -0.585. The van der Waals surface area contributed by atoms with Gasteiger partial charge in [0, 0.05) is 45.8 Å². The first-order chi connectivity index (χ1) is 10.0. The maximum Gasteiger partial charge on any atom is 0.304 e. The van der Waals surface area contributed by atoms with Gasteiger partial charge in [-0.2, -0.15) is 0 Å². The van der Waals surface area contributed by atoms with Crippen LogP contribution in [-0.4, -0.2) is 96.8 Å². The molecule has 0 radical (unpaired) electrons. The van der Waals surface area contributed by atoms with Crippen molar-refractivity contribution in [3.05, 3.63) is 0 Å². The highest BCUT2D eigenvalue weighted by molar-refractivity contribution is 5.78. The number of aliphatic carboxylic acids is 1. The molecule has 7 heteroatoms. The number of amides is 1. The van der Waals surface area contributed by atoms with E-state index in [1.807, 2.05) is 11.8 Å². The molecule has 1 N–H and O–H groups in total. The Labute approximate surface area is 125 Å². The Kier molecular flexibility index (Phi) is 5.96. The molecule has 2 rings (SSSR count). The molecule has 1 atom stereocenters. The molecule has 2 aliphatic heterocycles. The molecule has 2 heterocycles. The number of carboxylic acids is 1. The smallest absolute Gasteiger partial charge is 0.304 e. The fourth-order valence-corrected chi connectivity index (χ4v) is 2.76. The molecule has 2 fully saturated rings. The lowest BCUT2D eigenvalue weighted by molar-refractivity contribution is -0.139. The Hall–Kier alpha value is -1.18.